The maximum Gasteiger partial charge on any atom is 0.313 e. The summed E-state index contributed by atoms with van der Waals surface area (Å²) in [5, 5.41) is 18.9. The number of ether oxygens (including phenoxy) is 1. The number of hydrogen-bond acceptors (Lipinski definition) is 6. The quantitative estimate of drug-likeness (QED) is 0.100. The summed E-state index contributed by atoms with van der Waals surface area (Å²) in [6, 6.07) is 21.8. The Morgan fingerprint density at radius 1 is 1.12 bits per heavy atom. The molecule has 0 amide bonds. The predicted molar refractivity (Wildman–Crippen MR) is 162 cm³/mol. The highest BCUT2D eigenvalue weighted by molar-refractivity contribution is 9.10. The summed E-state index contributed by atoms with van der Waals surface area (Å²) in [5.41, 5.74) is 1.14. The third-order valence-electron chi connectivity index (χ3n) is 6.70. The minimum absolute atomic E-state index is 0.0357. The van der Waals surface area contributed by atoms with Crippen molar-refractivity contribution in [3.8, 4) is 5.75 Å². The lowest BCUT2D eigenvalue weighted by Gasteiger charge is -2.14. The first-order valence-corrected chi connectivity index (χ1v) is 13.8. The van der Waals surface area contributed by atoms with Gasteiger partial charge in [-0.3, -0.25) is 14.9 Å². The first-order chi connectivity index (χ1) is 19.3. The molecule has 0 aliphatic carbocycles. The molecule has 0 bridgehead atoms. The Balaban J connectivity index is 1.52. The van der Waals surface area contributed by atoms with Crippen molar-refractivity contribution in [1.82, 2.24) is 9.66 Å². The van der Waals surface area contributed by atoms with E-state index in [2.05, 4.69) is 26.0 Å². The molecule has 0 aliphatic rings. The van der Waals surface area contributed by atoms with Crippen molar-refractivity contribution in [3.63, 3.8) is 0 Å². The Morgan fingerprint density at radius 3 is 2.67 bits per heavy atom. The molecule has 40 heavy (non-hydrogen) atoms. The zero-order chi connectivity index (χ0) is 28.4. The number of nitrogens with zero attached hydrogens (tertiary/aromatic N) is 4. The number of aromatic nitrogens is 2. The highest BCUT2D eigenvalue weighted by Gasteiger charge is 2.21. The maximum absolute atomic E-state index is 13.4. The molecule has 1 aromatic heterocycles. The molecule has 1 heterocycles. The highest BCUT2D eigenvalue weighted by atomic mass is 79.9. The van der Waals surface area contributed by atoms with Crippen LogP contribution in [-0.2, 0) is 6.61 Å². The lowest BCUT2D eigenvalue weighted by molar-refractivity contribution is -0.385. The molecule has 0 fully saturated rings. The molecule has 5 rings (SSSR count). The molecular formula is C30H24BrClN4O4. The average molecular weight is 620 g/mol. The Morgan fingerprint density at radius 2 is 1.90 bits per heavy atom. The van der Waals surface area contributed by atoms with Gasteiger partial charge in [-0.15, -0.1) is 0 Å². The first-order valence-electron chi connectivity index (χ1n) is 12.6. The van der Waals surface area contributed by atoms with Gasteiger partial charge in [-0.1, -0.05) is 83.8 Å². The predicted octanol–water partition coefficient (Wildman–Crippen LogP) is 7.85. The SMILES string of the molecule is CC[C@@H](C)c1nc2ccc(Br)cc2c(=O)n1N=Cc1cc(Cl)c(OCc2cccc3ccccc23)c([N+](=O)[O-])c1. The number of nitro benzene ring substituents is 1. The molecule has 0 N–H and O–H groups in total. The van der Waals surface area contributed by atoms with E-state index >= 15 is 0 Å². The molecule has 0 saturated carbocycles. The molecular weight excluding hydrogens is 596 g/mol. The number of benzene rings is 4. The van der Waals surface area contributed by atoms with Gasteiger partial charge >= 0.3 is 5.69 Å². The van der Waals surface area contributed by atoms with Crippen LogP contribution < -0.4 is 10.3 Å². The van der Waals surface area contributed by atoms with Crippen LogP contribution in [0.15, 0.2) is 87.2 Å². The number of fused-ring (bicyclic) bond motifs is 2. The molecule has 0 spiro atoms. The summed E-state index contributed by atoms with van der Waals surface area (Å²) in [6.45, 7) is 4.06. The smallest absolute Gasteiger partial charge is 0.313 e. The first kappa shape index (κ1) is 27.5. The largest absolute Gasteiger partial charge is 0.481 e. The number of halogens is 2. The van der Waals surface area contributed by atoms with Gasteiger partial charge in [-0.05, 0) is 47.0 Å². The zero-order valence-corrected chi connectivity index (χ0v) is 24.0. The van der Waals surface area contributed by atoms with Crippen LogP contribution in [0.5, 0.6) is 5.75 Å². The van der Waals surface area contributed by atoms with Gasteiger partial charge in [-0.25, -0.2) is 4.98 Å². The molecule has 10 heteroatoms. The third kappa shape index (κ3) is 5.48. The molecule has 5 aromatic rings. The van der Waals surface area contributed by atoms with Gasteiger partial charge in [0.15, 0.2) is 0 Å². The van der Waals surface area contributed by atoms with Crippen molar-refractivity contribution in [2.24, 2.45) is 5.10 Å². The normalized spacial score (nSPS) is 12.3. The Bertz CT molecular complexity index is 1850. The summed E-state index contributed by atoms with van der Waals surface area (Å²) in [4.78, 5) is 29.5. The number of rotatable bonds is 8. The van der Waals surface area contributed by atoms with Gasteiger partial charge in [0.2, 0.25) is 5.75 Å². The zero-order valence-electron chi connectivity index (χ0n) is 21.7. The van der Waals surface area contributed by atoms with Crippen LogP contribution in [0.1, 0.15) is 43.1 Å². The second-order valence-corrected chi connectivity index (χ2v) is 10.7. The number of nitro groups is 1. The highest BCUT2D eigenvalue weighted by Crippen LogP contribution is 2.37. The van der Waals surface area contributed by atoms with E-state index in [-0.39, 0.29) is 34.5 Å². The second-order valence-electron chi connectivity index (χ2n) is 9.34. The van der Waals surface area contributed by atoms with E-state index < -0.39 is 4.92 Å². The summed E-state index contributed by atoms with van der Waals surface area (Å²) in [7, 11) is 0. The minimum Gasteiger partial charge on any atom is -0.481 e. The van der Waals surface area contributed by atoms with Crippen LogP contribution in [0, 0.1) is 10.1 Å². The maximum atomic E-state index is 13.4. The van der Waals surface area contributed by atoms with E-state index in [1.165, 1.54) is 23.0 Å². The second kappa shape index (κ2) is 11.6. The fourth-order valence-corrected chi connectivity index (χ4v) is 5.06. The van der Waals surface area contributed by atoms with Gasteiger partial charge in [0, 0.05) is 22.0 Å². The van der Waals surface area contributed by atoms with E-state index in [0.29, 0.717) is 22.3 Å². The van der Waals surface area contributed by atoms with Crippen molar-refractivity contribution in [3.05, 3.63) is 120 Å². The molecule has 0 radical (unpaired) electrons. The third-order valence-corrected chi connectivity index (χ3v) is 7.48. The fraction of sp³-hybridized carbons (Fsp3) is 0.167. The van der Waals surface area contributed by atoms with E-state index in [1.54, 1.807) is 12.1 Å². The van der Waals surface area contributed by atoms with Crippen LogP contribution >= 0.6 is 27.5 Å². The van der Waals surface area contributed by atoms with Crippen molar-refractivity contribution in [2.45, 2.75) is 32.8 Å². The van der Waals surface area contributed by atoms with Gasteiger partial charge < -0.3 is 4.74 Å². The summed E-state index contributed by atoms with van der Waals surface area (Å²) >= 11 is 9.90. The molecule has 0 unspecified atom stereocenters. The van der Waals surface area contributed by atoms with Crippen LogP contribution in [0.4, 0.5) is 5.69 Å². The Kier molecular flexibility index (Phi) is 7.95. The van der Waals surface area contributed by atoms with Gasteiger partial charge in [0.1, 0.15) is 12.4 Å². The van der Waals surface area contributed by atoms with E-state index in [0.717, 1.165) is 27.2 Å². The average Bonchev–Trinajstić information content (AvgIpc) is 2.95. The molecule has 0 saturated heterocycles. The molecule has 0 aliphatic heterocycles. The van der Waals surface area contributed by atoms with Gasteiger partial charge in [0.25, 0.3) is 5.56 Å². The van der Waals surface area contributed by atoms with E-state index in [4.69, 9.17) is 16.3 Å². The van der Waals surface area contributed by atoms with Crippen molar-refractivity contribution >= 4 is 61.1 Å². The van der Waals surface area contributed by atoms with Crippen molar-refractivity contribution < 1.29 is 9.66 Å². The molecule has 1 atom stereocenters. The molecule has 4 aromatic carbocycles. The van der Waals surface area contributed by atoms with Crippen LogP contribution in [-0.4, -0.2) is 20.8 Å². The van der Waals surface area contributed by atoms with Crippen LogP contribution in [0.2, 0.25) is 5.02 Å². The van der Waals surface area contributed by atoms with Crippen molar-refractivity contribution in [2.75, 3.05) is 0 Å². The van der Waals surface area contributed by atoms with Gasteiger partial charge in [-0.2, -0.15) is 9.78 Å². The Labute approximate surface area is 243 Å². The van der Waals surface area contributed by atoms with Crippen LogP contribution in [0.3, 0.4) is 0 Å². The molecule has 202 valence electrons. The van der Waals surface area contributed by atoms with Crippen molar-refractivity contribution in [1.29, 1.82) is 0 Å². The lowest BCUT2D eigenvalue weighted by atomic mass is 10.1. The fourth-order valence-electron chi connectivity index (χ4n) is 4.42. The lowest BCUT2D eigenvalue weighted by Crippen LogP contribution is -2.23. The standard InChI is InChI=1S/C30H24BrClN4O4/c1-3-18(2)29-34-26-12-11-22(31)15-24(26)30(37)35(29)33-16-19-13-25(32)28(27(14-19)36(38)39)40-17-21-9-6-8-20-7-4-5-10-23(20)21/h4-16,18H,3,17H2,1-2H3/t18-/m1/s1. The monoisotopic (exact) mass is 618 g/mol. The minimum atomic E-state index is -0.548. The van der Waals surface area contributed by atoms with E-state index in [1.807, 2.05) is 62.4 Å². The van der Waals surface area contributed by atoms with Crippen LogP contribution in [0.25, 0.3) is 21.7 Å². The Hall–Kier alpha value is -4.08. The summed E-state index contributed by atoms with van der Waals surface area (Å²) < 4.78 is 7.88. The summed E-state index contributed by atoms with van der Waals surface area (Å²) in [6.07, 6.45) is 2.11. The number of hydrogen-bond donors (Lipinski definition) is 0. The summed E-state index contributed by atoms with van der Waals surface area (Å²) in [5.74, 6) is 0.404. The van der Waals surface area contributed by atoms with E-state index in [9.17, 15) is 14.9 Å². The topological polar surface area (TPSA) is 99.6 Å². The molecule has 8 nitrogen and oxygen atoms in total. The van der Waals surface area contributed by atoms with Gasteiger partial charge in [0.05, 0.1) is 27.1 Å².